The van der Waals surface area contributed by atoms with Crippen LogP contribution in [-0.2, 0) is 10.3 Å². The van der Waals surface area contributed by atoms with Crippen molar-refractivity contribution in [2.75, 3.05) is 26.1 Å². The minimum absolute atomic E-state index is 0.0339. The summed E-state index contributed by atoms with van der Waals surface area (Å²) in [5.41, 5.74) is 4.67. The fourth-order valence-corrected chi connectivity index (χ4v) is 4.84. The van der Waals surface area contributed by atoms with Crippen molar-refractivity contribution in [3.63, 3.8) is 0 Å². The van der Waals surface area contributed by atoms with E-state index in [-0.39, 0.29) is 34.4 Å². The first-order valence-corrected chi connectivity index (χ1v) is 11.4. The Bertz CT molecular complexity index is 1160. The van der Waals surface area contributed by atoms with Gasteiger partial charge in [0.25, 0.3) is 5.91 Å². The first kappa shape index (κ1) is 25.6. The second-order valence-corrected chi connectivity index (χ2v) is 10.3. The number of alkyl halides is 1. The molecule has 0 radical (unpaired) electrons. The SMILES string of the molecule is CN(C)C(=O)/C=C/[C@@]1(C)C[C@@](CF)(c2cc(NC(=O)c3ccc(Cl)cn3)ccc2F)N=C(N)S1. The Morgan fingerprint density at radius 3 is 2.68 bits per heavy atom. The van der Waals surface area contributed by atoms with Gasteiger partial charge in [-0.3, -0.25) is 9.59 Å². The molecule has 7 nitrogen and oxygen atoms in total. The monoisotopic (exact) mass is 507 g/mol. The van der Waals surface area contributed by atoms with Crippen molar-refractivity contribution in [1.29, 1.82) is 0 Å². The largest absolute Gasteiger partial charge is 0.378 e. The van der Waals surface area contributed by atoms with Crippen molar-refractivity contribution < 1.29 is 18.4 Å². The van der Waals surface area contributed by atoms with Crippen LogP contribution in [-0.4, -0.2) is 52.4 Å². The zero-order valence-corrected chi connectivity index (χ0v) is 20.4. The van der Waals surface area contributed by atoms with Gasteiger partial charge in [-0.1, -0.05) is 29.4 Å². The number of hydrogen-bond donors (Lipinski definition) is 2. The van der Waals surface area contributed by atoms with Gasteiger partial charge in [0.1, 0.15) is 23.7 Å². The number of carbonyl (C=O) groups excluding carboxylic acids is 2. The van der Waals surface area contributed by atoms with Gasteiger partial charge in [-0.05, 0) is 43.7 Å². The van der Waals surface area contributed by atoms with Crippen molar-refractivity contribution in [3.05, 3.63) is 70.8 Å². The molecule has 0 unspecified atom stereocenters. The van der Waals surface area contributed by atoms with Gasteiger partial charge >= 0.3 is 0 Å². The zero-order valence-electron chi connectivity index (χ0n) is 18.8. The number of hydrogen-bond acceptors (Lipinski definition) is 6. The molecule has 1 aliphatic rings. The maximum absolute atomic E-state index is 15.0. The summed E-state index contributed by atoms with van der Waals surface area (Å²) in [5, 5.41) is 3.07. The summed E-state index contributed by atoms with van der Waals surface area (Å²) in [6.07, 6.45) is 4.37. The molecule has 2 atom stereocenters. The number of carbonyl (C=O) groups is 2. The van der Waals surface area contributed by atoms with Crippen LogP contribution >= 0.6 is 23.4 Å². The lowest BCUT2D eigenvalue weighted by Crippen LogP contribution is -2.43. The number of nitrogens with two attached hydrogens (primary N) is 1. The fraction of sp³-hybridized carbons (Fsp3) is 0.304. The van der Waals surface area contributed by atoms with E-state index in [2.05, 4.69) is 15.3 Å². The van der Waals surface area contributed by atoms with Gasteiger partial charge in [0.15, 0.2) is 5.17 Å². The van der Waals surface area contributed by atoms with Gasteiger partial charge in [0.05, 0.1) is 5.02 Å². The average molecular weight is 508 g/mol. The molecule has 34 heavy (non-hydrogen) atoms. The molecule has 0 fully saturated rings. The van der Waals surface area contributed by atoms with Crippen LogP contribution < -0.4 is 11.1 Å². The second-order valence-electron chi connectivity index (χ2n) is 8.28. The van der Waals surface area contributed by atoms with Gasteiger partial charge in [-0.25, -0.2) is 18.8 Å². The van der Waals surface area contributed by atoms with Gasteiger partial charge < -0.3 is 16.0 Å². The Morgan fingerprint density at radius 1 is 1.32 bits per heavy atom. The Kier molecular flexibility index (Phi) is 7.62. The molecule has 0 aliphatic carbocycles. The summed E-state index contributed by atoms with van der Waals surface area (Å²) in [6.45, 7) is 0.741. The van der Waals surface area contributed by atoms with E-state index in [0.717, 1.165) is 6.07 Å². The lowest BCUT2D eigenvalue weighted by Gasteiger charge is -2.40. The van der Waals surface area contributed by atoms with Gasteiger partial charge in [-0.2, -0.15) is 0 Å². The van der Waals surface area contributed by atoms with Gasteiger partial charge in [-0.15, -0.1) is 0 Å². The second kappa shape index (κ2) is 10.1. The predicted octanol–water partition coefficient (Wildman–Crippen LogP) is 4.15. The van der Waals surface area contributed by atoms with E-state index < -0.39 is 28.7 Å². The van der Waals surface area contributed by atoms with Crippen LogP contribution in [0.4, 0.5) is 14.5 Å². The van der Waals surface area contributed by atoms with Crippen molar-refractivity contribution in [1.82, 2.24) is 9.88 Å². The van der Waals surface area contributed by atoms with E-state index in [1.54, 1.807) is 27.1 Å². The van der Waals surface area contributed by atoms with E-state index in [1.807, 2.05) is 0 Å². The summed E-state index contributed by atoms with van der Waals surface area (Å²) in [5.74, 6) is -1.49. The predicted molar refractivity (Wildman–Crippen MR) is 131 cm³/mol. The molecule has 2 aromatic rings. The Labute approximate surface area is 205 Å². The number of pyridine rings is 1. The van der Waals surface area contributed by atoms with Crippen LogP contribution in [0.1, 0.15) is 29.4 Å². The maximum atomic E-state index is 15.0. The summed E-state index contributed by atoms with van der Waals surface area (Å²) in [4.78, 5) is 34.2. The van der Waals surface area contributed by atoms with Crippen LogP contribution in [0.2, 0.25) is 5.02 Å². The third-order valence-corrected chi connectivity index (χ3v) is 6.50. The minimum atomic E-state index is -1.64. The first-order chi connectivity index (χ1) is 16.0. The van der Waals surface area contributed by atoms with Gasteiger partial charge in [0, 0.05) is 42.4 Å². The van der Waals surface area contributed by atoms with E-state index in [9.17, 15) is 18.4 Å². The number of amidine groups is 1. The third-order valence-electron chi connectivity index (χ3n) is 5.23. The first-order valence-electron chi connectivity index (χ1n) is 10.2. The molecule has 0 spiro atoms. The van der Waals surface area contributed by atoms with Crippen molar-refractivity contribution in [2.24, 2.45) is 10.7 Å². The number of anilines is 1. The highest BCUT2D eigenvalue weighted by Crippen LogP contribution is 2.47. The lowest BCUT2D eigenvalue weighted by atomic mass is 9.82. The highest BCUT2D eigenvalue weighted by Gasteiger charge is 2.45. The summed E-state index contributed by atoms with van der Waals surface area (Å²) in [7, 11) is 3.22. The number of nitrogens with one attached hydrogen (secondary N) is 1. The van der Waals surface area contributed by atoms with E-state index >= 15 is 0 Å². The molecular formula is C23H24ClF2N5O2S. The highest BCUT2D eigenvalue weighted by molar-refractivity contribution is 8.15. The number of amides is 2. The number of aromatic nitrogens is 1. The Morgan fingerprint density at radius 2 is 2.06 bits per heavy atom. The number of likely N-dealkylation sites (N-methyl/N-ethyl adjacent to an activating group) is 1. The van der Waals surface area contributed by atoms with Crippen LogP contribution in [0.25, 0.3) is 0 Å². The number of benzene rings is 1. The quantitative estimate of drug-likeness (QED) is 0.572. The molecule has 180 valence electrons. The molecule has 1 aliphatic heterocycles. The van der Waals surface area contributed by atoms with Crippen LogP contribution in [0.5, 0.6) is 0 Å². The normalized spacial score (nSPS) is 22.4. The fourth-order valence-electron chi connectivity index (χ4n) is 3.59. The molecule has 3 rings (SSSR count). The topological polar surface area (TPSA) is 101 Å². The van der Waals surface area contributed by atoms with Crippen molar-refractivity contribution in [3.8, 4) is 0 Å². The summed E-state index contributed by atoms with van der Waals surface area (Å²) in [6, 6.07) is 6.79. The smallest absolute Gasteiger partial charge is 0.274 e. The molecule has 1 aromatic heterocycles. The van der Waals surface area contributed by atoms with E-state index in [0.29, 0.717) is 5.02 Å². The number of nitrogens with zero attached hydrogens (tertiary/aromatic N) is 3. The molecule has 2 amide bonds. The Hall–Kier alpha value is -2.98. The van der Waals surface area contributed by atoms with Gasteiger partial charge in [0.2, 0.25) is 5.91 Å². The average Bonchev–Trinajstić information content (AvgIpc) is 2.78. The van der Waals surface area contributed by atoms with Crippen molar-refractivity contribution in [2.45, 2.75) is 23.6 Å². The maximum Gasteiger partial charge on any atom is 0.274 e. The molecule has 0 saturated heterocycles. The zero-order chi connectivity index (χ0) is 25.1. The van der Waals surface area contributed by atoms with E-state index in [4.69, 9.17) is 17.3 Å². The Balaban J connectivity index is 1.95. The standard InChI is InChI=1S/C23H24ClF2N5O2S/c1-22(9-8-19(32)31(2)3)12-23(13-25,30-21(27)34-22)16-10-15(5-6-17(16)26)29-20(33)18-7-4-14(24)11-28-18/h4-11H,12-13H2,1-3H3,(H2,27,30)(H,29,33)/b9-8+/t22-,23+/m0/s1. The molecule has 0 saturated carbocycles. The number of halogens is 3. The highest BCUT2D eigenvalue weighted by atomic mass is 35.5. The molecule has 11 heteroatoms. The molecular weight excluding hydrogens is 484 g/mol. The summed E-state index contributed by atoms with van der Waals surface area (Å²) < 4.78 is 28.7. The van der Waals surface area contributed by atoms with E-state index in [1.165, 1.54) is 53.2 Å². The van der Waals surface area contributed by atoms with Crippen LogP contribution in [0, 0.1) is 5.82 Å². The molecule has 3 N–H and O–H groups in total. The molecule has 2 heterocycles. The number of rotatable bonds is 6. The number of aliphatic imine (C=N–C) groups is 1. The van der Waals surface area contributed by atoms with Crippen LogP contribution in [0.15, 0.2) is 53.7 Å². The third kappa shape index (κ3) is 5.74. The van der Waals surface area contributed by atoms with Crippen LogP contribution in [0.3, 0.4) is 0 Å². The summed E-state index contributed by atoms with van der Waals surface area (Å²) >= 11 is 6.97. The minimum Gasteiger partial charge on any atom is -0.378 e. The molecule has 1 aromatic carbocycles. The number of thioether (sulfide) groups is 1. The molecule has 0 bridgehead atoms. The lowest BCUT2D eigenvalue weighted by molar-refractivity contribution is -0.123. The van der Waals surface area contributed by atoms with Crippen molar-refractivity contribution >= 4 is 46.0 Å².